The fourth-order valence-corrected chi connectivity index (χ4v) is 11.2. The molecule has 9 rings (SSSR count). The van der Waals surface area contributed by atoms with Crippen molar-refractivity contribution in [1.82, 2.24) is 50.3 Å². The van der Waals surface area contributed by atoms with Gasteiger partial charge in [0.15, 0.2) is 0 Å². The van der Waals surface area contributed by atoms with Gasteiger partial charge in [-0.2, -0.15) is 4.98 Å². The number of carbonyl (C=O) groups is 5. The molecule has 0 radical (unpaired) electrons. The Hall–Kier alpha value is -6.47. The molecular formula is C51H64N12O6S. The number of thiazole rings is 1. The van der Waals surface area contributed by atoms with E-state index in [9.17, 15) is 29.1 Å². The molecule has 7 heterocycles. The number of nitrogens with zero attached hydrogens (tertiary/aromatic N) is 8. The summed E-state index contributed by atoms with van der Waals surface area (Å²) in [7, 11) is 0. The van der Waals surface area contributed by atoms with Crippen molar-refractivity contribution in [3.8, 4) is 10.4 Å². The van der Waals surface area contributed by atoms with Crippen LogP contribution in [0.15, 0.2) is 60.4 Å². The Kier molecular flexibility index (Phi) is 14.2. The summed E-state index contributed by atoms with van der Waals surface area (Å²) in [6.45, 7) is 10.8. The van der Waals surface area contributed by atoms with Crippen molar-refractivity contribution in [3.63, 3.8) is 0 Å². The van der Waals surface area contributed by atoms with E-state index in [1.54, 1.807) is 23.7 Å². The molecule has 2 saturated heterocycles. The number of aromatic nitrogens is 5. The van der Waals surface area contributed by atoms with Crippen molar-refractivity contribution in [3.05, 3.63) is 77.3 Å². The molecular weight excluding hydrogens is 909 g/mol. The highest BCUT2D eigenvalue weighted by molar-refractivity contribution is 7.13. The van der Waals surface area contributed by atoms with Gasteiger partial charge in [0.25, 0.3) is 5.91 Å². The maximum atomic E-state index is 14.1. The van der Waals surface area contributed by atoms with E-state index in [2.05, 4.69) is 45.7 Å². The highest BCUT2D eigenvalue weighted by Crippen LogP contribution is 2.40. The van der Waals surface area contributed by atoms with Crippen molar-refractivity contribution in [1.29, 1.82) is 0 Å². The van der Waals surface area contributed by atoms with Gasteiger partial charge in [-0.3, -0.25) is 24.0 Å². The summed E-state index contributed by atoms with van der Waals surface area (Å²) in [6.07, 6.45) is 9.68. The van der Waals surface area contributed by atoms with E-state index < -0.39 is 29.5 Å². The van der Waals surface area contributed by atoms with Crippen molar-refractivity contribution in [2.75, 3.05) is 49.5 Å². The smallest absolute Gasteiger partial charge is 0.268 e. The standard InChI is InChI=1S/C51H64N12O6S/c1-32-43(70-31-56-32)34-14-12-33(13-15-34)26-53-46(67)38-25-37(64)29-62(38)48(69)44(50(2,3)4)58-41(65)10-6-7-11-42(66)61-22-20-60(21-23-61)36-16-17-40(52-28-36)57-49-54-27-35-24-39-47(68)55-30-51(18-8-5-9-19-51)63(39)45(35)59-49/h12-17,24,27-28,31,37-38,44,64H,5-11,18-23,25-26,29-30H2,1-4H3,(H,53,67)(H,55,68)(H,58,65)(H,52,54,57,59)/t37-,38+,44?/m1/s1. The number of nitrogens with one attached hydrogen (secondary N) is 4. The molecule has 18 nitrogen and oxygen atoms in total. The zero-order valence-corrected chi connectivity index (χ0v) is 41.3. The van der Waals surface area contributed by atoms with Gasteiger partial charge in [-0.25, -0.2) is 15.0 Å². The van der Waals surface area contributed by atoms with Gasteiger partial charge in [0.05, 0.1) is 39.6 Å². The van der Waals surface area contributed by atoms with Gasteiger partial charge in [-0.05, 0) is 67.3 Å². The van der Waals surface area contributed by atoms with Crippen LogP contribution in [0.3, 0.4) is 0 Å². The number of β-amino-alcohol motifs (C(OH)–C–C–N with tert-alkyl or cyclic N) is 1. The predicted octanol–water partition coefficient (Wildman–Crippen LogP) is 5.42. The van der Waals surface area contributed by atoms with Crippen molar-refractivity contribution >= 4 is 69.4 Å². The number of pyridine rings is 1. The average molecular weight is 973 g/mol. The number of fused-ring (bicyclic) bond motifs is 4. The molecule has 1 spiro atoms. The Morgan fingerprint density at radius 1 is 0.943 bits per heavy atom. The second kappa shape index (κ2) is 20.5. The molecule has 1 aliphatic carbocycles. The van der Waals surface area contributed by atoms with Crippen LogP contribution in [0.2, 0.25) is 0 Å². The third kappa shape index (κ3) is 10.5. The normalized spacial score (nSPS) is 19.4. The molecule has 70 heavy (non-hydrogen) atoms. The molecule has 370 valence electrons. The maximum absolute atomic E-state index is 14.1. The Balaban J connectivity index is 0.710. The molecule has 3 fully saturated rings. The molecule has 5 N–H and O–H groups in total. The Morgan fingerprint density at radius 2 is 1.70 bits per heavy atom. The number of aliphatic hydroxyl groups is 1. The fourth-order valence-electron chi connectivity index (χ4n) is 10.4. The number of aliphatic hydroxyl groups excluding tert-OH is 1. The largest absolute Gasteiger partial charge is 0.391 e. The number of hydrogen-bond donors (Lipinski definition) is 5. The molecule has 5 aromatic rings. The van der Waals surface area contributed by atoms with E-state index in [0.29, 0.717) is 69.4 Å². The van der Waals surface area contributed by atoms with Crippen LogP contribution in [-0.2, 0) is 31.3 Å². The van der Waals surface area contributed by atoms with E-state index in [-0.39, 0.29) is 55.1 Å². The SMILES string of the molecule is Cc1ncsc1-c1ccc(CNC(=O)[C@@H]2C[C@@H](O)CN2C(=O)C(NC(=O)CCCCC(=O)N2CCN(c3ccc(Nc4ncc5cc6n(c5n4)C4(CCCCC4)CNC6=O)nc3)CC2)C(C)(C)C)cc1. The third-order valence-corrected chi connectivity index (χ3v) is 15.3. The summed E-state index contributed by atoms with van der Waals surface area (Å²) in [5, 5.41) is 23.7. The molecule has 3 aliphatic heterocycles. The summed E-state index contributed by atoms with van der Waals surface area (Å²) in [4.78, 5) is 92.0. The molecule has 1 saturated carbocycles. The number of aryl methyl sites for hydroxylation is 1. The molecule has 3 atom stereocenters. The Morgan fingerprint density at radius 3 is 2.40 bits per heavy atom. The zero-order chi connectivity index (χ0) is 49.2. The van der Waals surface area contributed by atoms with Crippen LogP contribution in [0, 0.1) is 12.3 Å². The van der Waals surface area contributed by atoms with Gasteiger partial charge >= 0.3 is 0 Å². The van der Waals surface area contributed by atoms with Crippen LogP contribution in [0.4, 0.5) is 17.5 Å². The topological polar surface area (TPSA) is 220 Å². The zero-order valence-electron chi connectivity index (χ0n) is 40.5. The number of unbranched alkanes of at least 4 members (excludes halogenated alkanes) is 1. The van der Waals surface area contributed by atoms with Crippen LogP contribution >= 0.6 is 11.3 Å². The number of rotatable bonds is 14. The van der Waals surface area contributed by atoms with Gasteiger partial charge in [0.1, 0.15) is 29.2 Å². The van der Waals surface area contributed by atoms with Crippen molar-refractivity contribution in [2.24, 2.45) is 5.41 Å². The van der Waals surface area contributed by atoms with Gasteiger partial charge < -0.3 is 45.6 Å². The van der Waals surface area contributed by atoms with E-state index in [4.69, 9.17) is 4.98 Å². The monoisotopic (exact) mass is 972 g/mol. The fraction of sp³-hybridized carbons (Fsp3) is 0.510. The molecule has 1 aromatic carbocycles. The second-order valence-electron chi connectivity index (χ2n) is 20.4. The lowest BCUT2D eigenvalue weighted by Crippen LogP contribution is -2.57. The first-order chi connectivity index (χ1) is 33.7. The molecule has 5 amide bonds. The first-order valence-electron chi connectivity index (χ1n) is 24.6. The first kappa shape index (κ1) is 48.5. The van der Waals surface area contributed by atoms with Crippen LogP contribution in [0.25, 0.3) is 21.5 Å². The van der Waals surface area contributed by atoms with Crippen LogP contribution in [0.5, 0.6) is 0 Å². The maximum Gasteiger partial charge on any atom is 0.268 e. The summed E-state index contributed by atoms with van der Waals surface area (Å²) >= 11 is 1.57. The second-order valence-corrected chi connectivity index (χ2v) is 21.2. The number of amides is 5. The summed E-state index contributed by atoms with van der Waals surface area (Å²) in [5.74, 6) is -0.115. The number of likely N-dealkylation sites (tertiary alicyclic amines) is 1. The highest BCUT2D eigenvalue weighted by atomic mass is 32.1. The van der Waals surface area contributed by atoms with Gasteiger partial charge in [0.2, 0.25) is 29.6 Å². The molecule has 1 unspecified atom stereocenters. The minimum absolute atomic E-state index is 0.00564. The number of hydrogen-bond acceptors (Lipinski definition) is 13. The minimum atomic E-state index is -0.926. The summed E-state index contributed by atoms with van der Waals surface area (Å²) < 4.78 is 2.15. The molecule has 4 aromatic heterocycles. The molecule has 19 heteroatoms. The quantitative estimate of drug-likeness (QED) is 0.0882. The average Bonchev–Trinajstić information content (AvgIpc) is 4.09. The Labute approximate surface area is 412 Å². The van der Waals surface area contributed by atoms with Crippen LogP contribution in [-0.4, -0.2) is 126 Å². The summed E-state index contributed by atoms with van der Waals surface area (Å²) in [6, 6.07) is 11.9. The number of carbonyl (C=O) groups excluding carboxylic acids is 5. The van der Waals surface area contributed by atoms with Crippen LogP contribution in [0.1, 0.15) is 107 Å². The lowest BCUT2D eigenvalue weighted by atomic mass is 9.80. The number of anilines is 3. The van der Waals surface area contributed by atoms with Gasteiger partial charge in [-0.1, -0.05) is 64.3 Å². The minimum Gasteiger partial charge on any atom is -0.391 e. The van der Waals surface area contributed by atoms with Crippen molar-refractivity contribution < 1.29 is 29.1 Å². The third-order valence-electron chi connectivity index (χ3n) is 14.4. The molecule has 0 bridgehead atoms. The number of piperazine rings is 1. The van der Waals surface area contributed by atoms with E-state index in [1.807, 2.05) is 80.6 Å². The van der Waals surface area contributed by atoms with E-state index >= 15 is 0 Å². The van der Waals surface area contributed by atoms with Crippen LogP contribution < -0.4 is 26.2 Å². The lowest BCUT2D eigenvalue weighted by Gasteiger charge is -2.42. The summed E-state index contributed by atoms with van der Waals surface area (Å²) in [5.41, 5.74) is 6.22. The van der Waals surface area contributed by atoms with Gasteiger partial charge in [0, 0.05) is 76.7 Å². The number of benzene rings is 1. The van der Waals surface area contributed by atoms with Gasteiger partial charge in [-0.15, -0.1) is 11.3 Å². The lowest BCUT2D eigenvalue weighted by molar-refractivity contribution is -0.144. The van der Waals surface area contributed by atoms with Crippen molar-refractivity contribution in [2.45, 2.75) is 122 Å². The van der Waals surface area contributed by atoms with E-state index in [0.717, 1.165) is 64.1 Å². The first-order valence-corrected chi connectivity index (χ1v) is 25.5. The molecule has 4 aliphatic rings. The Bertz CT molecular complexity index is 2720. The highest BCUT2D eigenvalue weighted by Gasteiger charge is 2.45. The van der Waals surface area contributed by atoms with E-state index in [1.165, 1.54) is 11.3 Å². The predicted molar refractivity (Wildman–Crippen MR) is 267 cm³/mol.